The van der Waals surface area contributed by atoms with Gasteiger partial charge in [-0.05, 0) is 35.9 Å². The van der Waals surface area contributed by atoms with Crippen molar-refractivity contribution < 1.29 is 4.79 Å². The van der Waals surface area contributed by atoms with Crippen LogP contribution in [0.15, 0.2) is 96.0 Å². The van der Waals surface area contributed by atoms with E-state index in [1.165, 1.54) is 11.8 Å². The normalized spacial score (nSPS) is 14.9. The van der Waals surface area contributed by atoms with E-state index in [0.717, 1.165) is 28.1 Å². The van der Waals surface area contributed by atoms with E-state index in [1.54, 1.807) is 4.90 Å². The molecule has 0 N–H and O–H groups in total. The first-order valence-electron chi connectivity index (χ1n) is 10.3. The van der Waals surface area contributed by atoms with E-state index in [-0.39, 0.29) is 5.91 Å². The van der Waals surface area contributed by atoms with Gasteiger partial charge in [0.15, 0.2) is 0 Å². The highest BCUT2D eigenvalue weighted by molar-refractivity contribution is 8.26. The third kappa shape index (κ3) is 4.64. The van der Waals surface area contributed by atoms with Gasteiger partial charge in [-0.2, -0.15) is 5.10 Å². The molecule has 162 valence electrons. The molecule has 0 atom stereocenters. The number of hydrogen-bond donors (Lipinski definition) is 0. The summed E-state index contributed by atoms with van der Waals surface area (Å²) in [6.45, 7) is 0.455. The van der Waals surface area contributed by atoms with Gasteiger partial charge in [-0.15, -0.1) is 0 Å². The summed E-state index contributed by atoms with van der Waals surface area (Å²) in [5.74, 6) is -0.0941. The Balaban J connectivity index is 1.53. The summed E-state index contributed by atoms with van der Waals surface area (Å²) in [4.78, 5) is 15.4. The Hall–Kier alpha value is -3.19. The predicted molar refractivity (Wildman–Crippen MR) is 139 cm³/mol. The van der Waals surface area contributed by atoms with Gasteiger partial charge in [0, 0.05) is 22.3 Å². The van der Waals surface area contributed by atoms with Crippen molar-refractivity contribution in [1.29, 1.82) is 0 Å². The van der Waals surface area contributed by atoms with Crippen molar-refractivity contribution in [2.24, 2.45) is 0 Å². The molecule has 0 bridgehead atoms. The van der Waals surface area contributed by atoms with Gasteiger partial charge in [0.05, 0.1) is 22.8 Å². The summed E-state index contributed by atoms with van der Waals surface area (Å²) in [5.41, 5.74) is 4.49. The second kappa shape index (κ2) is 9.35. The molecule has 0 spiro atoms. The van der Waals surface area contributed by atoms with Crippen LogP contribution in [-0.4, -0.2) is 24.9 Å². The van der Waals surface area contributed by atoms with E-state index in [1.807, 2.05) is 102 Å². The standard InChI is InChI=1S/C26H18ClN3OS2/c27-21-13-11-19(12-14-21)24-20(17-30(28-24)22-9-5-2-6-10-22)15-23-25(31)29(26(32)33-23)16-18-7-3-1-4-8-18/h1-15,17H,16H2/b23-15-. The molecule has 1 aromatic heterocycles. The number of benzene rings is 3. The number of carbonyl (C=O) groups excluding carboxylic acids is 1. The first-order chi connectivity index (χ1) is 16.1. The van der Waals surface area contributed by atoms with Crippen molar-refractivity contribution in [3.63, 3.8) is 0 Å². The minimum absolute atomic E-state index is 0.0941. The molecule has 5 rings (SSSR count). The van der Waals surface area contributed by atoms with Gasteiger partial charge >= 0.3 is 0 Å². The molecule has 4 aromatic rings. The highest BCUT2D eigenvalue weighted by atomic mass is 35.5. The van der Waals surface area contributed by atoms with Crippen LogP contribution in [0.5, 0.6) is 0 Å². The molecule has 0 radical (unpaired) electrons. The van der Waals surface area contributed by atoms with Crippen molar-refractivity contribution in [3.05, 3.63) is 112 Å². The first kappa shape index (κ1) is 21.6. The van der Waals surface area contributed by atoms with Gasteiger partial charge in [0.2, 0.25) is 0 Å². The molecule has 0 unspecified atom stereocenters. The average Bonchev–Trinajstić information content (AvgIpc) is 3.37. The number of thioether (sulfide) groups is 1. The number of nitrogens with zero attached hydrogens (tertiary/aromatic N) is 3. The van der Waals surface area contributed by atoms with Gasteiger partial charge in [-0.25, -0.2) is 4.68 Å². The molecule has 1 aliphatic heterocycles. The Kier molecular flexibility index (Phi) is 6.13. The van der Waals surface area contributed by atoms with Gasteiger partial charge in [0.1, 0.15) is 4.32 Å². The number of rotatable bonds is 5. The van der Waals surface area contributed by atoms with Crippen LogP contribution in [0.1, 0.15) is 11.1 Å². The largest absolute Gasteiger partial charge is 0.288 e. The van der Waals surface area contributed by atoms with Gasteiger partial charge in [0.25, 0.3) is 5.91 Å². The van der Waals surface area contributed by atoms with Crippen molar-refractivity contribution >= 4 is 51.9 Å². The summed E-state index contributed by atoms with van der Waals surface area (Å²) >= 11 is 12.9. The van der Waals surface area contributed by atoms with E-state index in [4.69, 9.17) is 28.9 Å². The zero-order valence-corrected chi connectivity index (χ0v) is 19.8. The molecule has 1 amide bonds. The Morgan fingerprint density at radius 2 is 1.61 bits per heavy atom. The first-order valence-corrected chi connectivity index (χ1v) is 11.9. The van der Waals surface area contributed by atoms with E-state index in [9.17, 15) is 4.79 Å². The quantitative estimate of drug-likeness (QED) is 0.235. The lowest BCUT2D eigenvalue weighted by molar-refractivity contribution is -0.122. The van der Waals surface area contributed by atoms with Gasteiger partial charge in [-0.1, -0.05) is 96.2 Å². The topological polar surface area (TPSA) is 38.1 Å². The lowest BCUT2D eigenvalue weighted by atomic mass is 10.1. The van der Waals surface area contributed by atoms with Crippen molar-refractivity contribution in [2.45, 2.75) is 6.54 Å². The van der Waals surface area contributed by atoms with Crippen LogP contribution in [0.4, 0.5) is 0 Å². The third-order valence-corrected chi connectivity index (χ3v) is 6.85. The Morgan fingerprint density at radius 1 is 0.939 bits per heavy atom. The van der Waals surface area contributed by atoms with Crippen LogP contribution in [0.2, 0.25) is 5.02 Å². The molecule has 1 saturated heterocycles. The zero-order valence-electron chi connectivity index (χ0n) is 17.4. The molecule has 0 saturated carbocycles. The third-order valence-electron chi connectivity index (χ3n) is 5.22. The van der Waals surface area contributed by atoms with Crippen LogP contribution >= 0.6 is 35.6 Å². The number of para-hydroxylation sites is 1. The Morgan fingerprint density at radius 3 is 2.30 bits per heavy atom. The molecule has 2 heterocycles. The number of carbonyl (C=O) groups is 1. The molecule has 4 nitrogen and oxygen atoms in total. The van der Waals surface area contributed by atoms with Crippen LogP contribution in [-0.2, 0) is 11.3 Å². The van der Waals surface area contributed by atoms with Gasteiger partial charge < -0.3 is 0 Å². The summed E-state index contributed by atoms with van der Waals surface area (Å²) in [6, 6.07) is 27.2. The second-order valence-electron chi connectivity index (χ2n) is 7.47. The molecule has 1 aliphatic rings. The summed E-state index contributed by atoms with van der Waals surface area (Å²) in [7, 11) is 0. The van der Waals surface area contributed by atoms with Crippen LogP contribution in [0.25, 0.3) is 23.0 Å². The fraction of sp³-hybridized carbons (Fsp3) is 0.0385. The highest BCUT2D eigenvalue weighted by Gasteiger charge is 2.32. The fourth-order valence-electron chi connectivity index (χ4n) is 3.58. The molecular formula is C26H18ClN3OS2. The SMILES string of the molecule is O=C1/C(=C/c2cn(-c3ccccc3)nc2-c2ccc(Cl)cc2)SC(=S)N1Cc1ccccc1. The smallest absolute Gasteiger partial charge is 0.266 e. The summed E-state index contributed by atoms with van der Waals surface area (Å²) in [5, 5.41) is 5.47. The second-order valence-corrected chi connectivity index (χ2v) is 9.59. The fourth-order valence-corrected chi connectivity index (χ4v) is 4.95. The minimum Gasteiger partial charge on any atom is -0.288 e. The number of halogens is 1. The molecule has 0 aliphatic carbocycles. The molecule has 1 fully saturated rings. The Bertz CT molecular complexity index is 1350. The van der Waals surface area contributed by atoms with Crippen molar-refractivity contribution in [1.82, 2.24) is 14.7 Å². The van der Waals surface area contributed by atoms with Crippen LogP contribution in [0, 0.1) is 0 Å². The molecule has 7 heteroatoms. The number of thiocarbonyl (C=S) groups is 1. The van der Waals surface area contributed by atoms with Crippen molar-refractivity contribution in [2.75, 3.05) is 0 Å². The monoisotopic (exact) mass is 487 g/mol. The molecular weight excluding hydrogens is 470 g/mol. The van der Waals surface area contributed by atoms with Crippen LogP contribution < -0.4 is 0 Å². The van der Waals surface area contributed by atoms with Crippen LogP contribution in [0.3, 0.4) is 0 Å². The minimum atomic E-state index is -0.0941. The summed E-state index contributed by atoms with van der Waals surface area (Å²) < 4.78 is 2.37. The van der Waals surface area contributed by atoms with E-state index < -0.39 is 0 Å². The van der Waals surface area contributed by atoms with Gasteiger partial charge in [-0.3, -0.25) is 9.69 Å². The van der Waals surface area contributed by atoms with E-state index in [2.05, 4.69) is 0 Å². The lowest BCUT2D eigenvalue weighted by Crippen LogP contribution is -2.27. The Labute approximate surface area is 206 Å². The maximum absolute atomic E-state index is 13.2. The molecule has 3 aromatic carbocycles. The van der Waals surface area contributed by atoms with Crippen molar-refractivity contribution in [3.8, 4) is 16.9 Å². The number of aromatic nitrogens is 2. The van der Waals surface area contributed by atoms with E-state index >= 15 is 0 Å². The van der Waals surface area contributed by atoms with E-state index in [0.29, 0.717) is 20.8 Å². The maximum atomic E-state index is 13.2. The number of amides is 1. The predicted octanol–water partition coefficient (Wildman–Crippen LogP) is 6.59. The summed E-state index contributed by atoms with van der Waals surface area (Å²) in [6.07, 6.45) is 3.81. The average molecular weight is 488 g/mol. The number of hydrogen-bond acceptors (Lipinski definition) is 4. The lowest BCUT2D eigenvalue weighted by Gasteiger charge is -2.14. The maximum Gasteiger partial charge on any atom is 0.266 e. The highest BCUT2D eigenvalue weighted by Crippen LogP contribution is 2.35. The zero-order chi connectivity index (χ0) is 22.8. The molecule has 33 heavy (non-hydrogen) atoms.